The number of carbonyl (C=O) groups is 2. The minimum Gasteiger partial charge on any atom is -0.486 e. The maximum Gasteiger partial charge on any atom is 0.228 e. The monoisotopic (exact) mass is 406 g/mol. The molecule has 5 rings (SSSR count). The number of ether oxygens (including phenoxy) is 2. The summed E-state index contributed by atoms with van der Waals surface area (Å²) < 4.78 is 11.2. The molecule has 1 atom stereocenters. The van der Waals surface area contributed by atoms with Crippen molar-refractivity contribution in [3.63, 3.8) is 0 Å². The smallest absolute Gasteiger partial charge is 0.228 e. The van der Waals surface area contributed by atoms with Gasteiger partial charge in [0.2, 0.25) is 11.8 Å². The van der Waals surface area contributed by atoms with E-state index in [1.165, 1.54) is 5.56 Å². The highest BCUT2D eigenvalue weighted by molar-refractivity contribution is 6.00. The lowest BCUT2D eigenvalue weighted by Crippen LogP contribution is -2.42. The summed E-state index contributed by atoms with van der Waals surface area (Å²) in [5.41, 5.74) is 2.12. The van der Waals surface area contributed by atoms with Crippen LogP contribution in [0.4, 0.5) is 5.69 Å². The van der Waals surface area contributed by atoms with E-state index in [0.29, 0.717) is 37.2 Å². The molecule has 6 nitrogen and oxygen atoms in total. The Balaban J connectivity index is 1.22. The number of rotatable bonds is 3. The van der Waals surface area contributed by atoms with Gasteiger partial charge in [-0.1, -0.05) is 30.3 Å². The first-order valence-electron chi connectivity index (χ1n) is 10.7. The molecule has 0 saturated carbocycles. The third-order valence-corrected chi connectivity index (χ3v) is 6.39. The molecule has 1 unspecified atom stereocenters. The first kappa shape index (κ1) is 19.0. The summed E-state index contributed by atoms with van der Waals surface area (Å²) in [6.07, 6.45) is 2.22. The molecule has 3 aliphatic rings. The number of likely N-dealkylation sites (tertiary alicyclic amines) is 1. The Morgan fingerprint density at radius 1 is 0.933 bits per heavy atom. The summed E-state index contributed by atoms with van der Waals surface area (Å²) in [4.78, 5) is 29.4. The Morgan fingerprint density at radius 2 is 1.67 bits per heavy atom. The molecular weight excluding hydrogens is 380 g/mol. The van der Waals surface area contributed by atoms with Crippen LogP contribution < -0.4 is 14.4 Å². The highest BCUT2D eigenvalue weighted by Crippen LogP contribution is 2.36. The predicted octanol–water partition coefficient (Wildman–Crippen LogP) is 3.22. The van der Waals surface area contributed by atoms with Crippen LogP contribution in [0.2, 0.25) is 0 Å². The van der Waals surface area contributed by atoms with E-state index < -0.39 is 0 Å². The topological polar surface area (TPSA) is 59.1 Å². The lowest BCUT2D eigenvalue weighted by Gasteiger charge is -2.33. The largest absolute Gasteiger partial charge is 0.486 e. The zero-order chi connectivity index (χ0) is 20.5. The van der Waals surface area contributed by atoms with Crippen LogP contribution in [-0.2, 0) is 9.59 Å². The number of fused-ring (bicyclic) bond motifs is 1. The highest BCUT2D eigenvalue weighted by Gasteiger charge is 2.38. The molecular formula is C24H26N2O4. The van der Waals surface area contributed by atoms with Crippen molar-refractivity contribution >= 4 is 17.5 Å². The number of hydrogen-bond donors (Lipinski definition) is 0. The number of benzene rings is 2. The summed E-state index contributed by atoms with van der Waals surface area (Å²) in [6.45, 7) is 2.98. The molecule has 0 aliphatic carbocycles. The maximum atomic E-state index is 13.1. The molecule has 2 amide bonds. The highest BCUT2D eigenvalue weighted by atomic mass is 16.6. The van der Waals surface area contributed by atoms with Crippen LogP contribution in [0.5, 0.6) is 11.5 Å². The zero-order valence-electron chi connectivity index (χ0n) is 17.0. The first-order chi connectivity index (χ1) is 14.7. The lowest BCUT2D eigenvalue weighted by molar-refractivity contribution is -0.136. The molecule has 0 N–H and O–H groups in total. The molecule has 2 aromatic carbocycles. The molecule has 2 fully saturated rings. The fourth-order valence-electron chi connectivity index (χ4n) is 4.74. The molecule has 156 valence electrons. The lowest BCUT2D eigenvalue weighted by atomic mass is 9.89. The second-order valence-electron chi connectivity index (χ2n) is 8.24. The van der Waals surface area contributed by atoms with E-state index in [1.54, 1.807) is 4.90 Å². The van der Waals surface area contributed by atoms with Crippen LogP contribution in [-0.4, -0.2) is 49.6 Å². The molecule has 0 bridgehead atoms. The van der Waals surface area contributed by atoms with Crippen molar-refractivity contribution in [2.45, 2.75) is 25.2 Å². The first-order valence-corrected chi connectivity index (χ1v) is 10.7. The number of nitrogens with zero attached hydrogens (tertiary/aromatic N) is 2. The zero-order valence-corrected chi connectivity index (χ0v) is 17.0. The Bertz CT molecular complexity index is 937. The fourth-order valence-corrected chi connectivity index (χ4v) is 4.74. The molecule has 6 heteroatoms. The van der Waals surface area contributed by atoms with Gasteiger partial charge in [0.05, 0.1) is 5.92 Å². The SMILES string of the molecule is O=C(C1CC(=O)N(c2ccc3c(c2)OCCO3)C1)N1CCC(c2ccccc2)CC1. The van der Waals surface area contributed by atoms with Gasteiger partial charge >= 0.3 is 0 Å². The minimum atomic E-state index is -0.279. The summed E-state index contributed by atoms with van der Waals surface area (Å²) >= 11 is 0. The Labute approximate surface area is 176 Å². The van der Waals surface area contributed by atoms with Crippen molar-refractivity contribution in [1.82, 2.24) is 4.90 Å². The second kappa shape index (κ2) is 8.01. The average Bonchev–Trinajstić information content (AvgIpc) is 3.20. The Hall–Kier alpha value is -3.02. The van der Waals surface area contributed by atoms with Gasteiger partial charge in [0, 0.05) is 37.8 Å². The van der Waals surface area contributed by atoms with Crippen molar-refractivity contribution < 1.29 is 19.1 Å². The molecule has 2 saturated heterocycles. The van der Waals surface area contributed by atoms with E-state index in [1.807, 2.05) is 29.2 Å². The van der Waals surface area contributed by atoms with E-state index in [2.05, 4.69) is 24.3 Å². The van der Waals surface area contributed by atoms with Gasteiger partial charge < -0.3 is 19.3 Å². The van der Waals surface area contributed by atoms with Crippen LogP contribution in [0.25, 0.3) is 0 Å². The molecule has 0 spiro atoms. The van der Waals surface area contributed by atoms with Crippen molar-refractivity contribution in [1.29, 1.82) is 0 Å². The number of carbonyl (C=O) groups excluding carboxylic acids is 2. The molecule has 3 heterocycles. The quantitative estimate of drug-likeness (QED) is 0.785. The van der Waals surface area contributed by atoms with E-state index in [4.69, 9.17) is 9.47 Å². The van der Waals surface area contributed by atoms with Gasteiger partial charge in [0.1, 0.15) is 13.2 Å². The van der Waals surface area contributed by atoms with Crippen molar-refractivity contribution in [3.8, 4) is 11.5 Å². The number of piperidine rings is 1. The van der Waals surface area contributed by atoms with Gasteiger partial charge in [-0.15, -0.1) is 0 Å². The van der Waals surface area contributed by atoms with Crippen LogP contribution in [0.1, 0.15) is 30.7 Å². The number of hydrogen-bond acceptors (Lipinski definition) is 4. The number of anilines is 1. The van der Waals surface area contributed by atoms with Crippen molar-refractivity contribution in [2.24, 2.45) is 5.92 Å². The molecule has 30 heavy (non-hydrogen) atoms. The molecule has 2 aromatic rings. The Kier molecular flexibility index (Phi) is 5.07. The summed E-state index contributed by atoms with van der Waals surface area (Å²) in [5, 5.41) is 0. The predicted molar refractivity (Wildman–Crippen MR) is 113 cm³/mol. The second-order valence-corrected chi connectivity index (χ2v) is 8.24. The third kappa shape index (κ3) is 3.62. The van der Waals surface area contributed by atoms with Gasteiger partial charge in [-0.3, -0.25) is 9.59 Å². The maximum absolute atomic E-state index is 13.1. The van der Waals surface area contributed by atoms with Crippen LogP contribution in [0, 0.1) is 5.92 Å². The van der Waals surface area contributed by atoms with Gasteiger partial charge in [0.25, 0.3) is 0 Å². The van der Waals surface area contributed by atoms with Gasteiger partial charge in [-0.05, 0) is 36.5 Å². The van der Waals surface area contributed by atoms with Crippen LogP contribution in [0.3, 0.4) is 0 Å². The fraction of sp³-hybridized carbons (Fsp3) is 0.417. The summed E-state index contributed by atoms with van der Waals surface area (Å²) in [5.74, 6) is 1.68. The van der Waals surface area contributed by atoms with E-state index in [9.17, 15) is 9.59 Å². The molecule has 0 radical (unpaired) electrons. The number of amides is 2. The normalized spacial score (nSPS) is 21.7. The standard InChI is InChI=1S/C24H26N2O4/c27-23-14-19(16-26(23)20-6-7-21-22(15-20)30-13-12-29-21)24(28)25-10-8-18(9-11-25)17-4-2-1-3-5-17/h1-7,15,18-19H,8-14,16H2. The van der Waals surface area contributed by atoms with Gasteiger partial charge in [-0.2, -0.15) is 0 Å². The molecule has 0 aromatic heterocycles. The van der Waals surface area contributed by atoms with Crippen molar-refractivity contribution in [3.05, 3.63) is 54.1 Å². The van der Waals surface area contributed by atoms with Crippen LogP contribution >= 0.6 is 0 Å². The van der Waals surface area contributed by atoms with E-state index >= 15 is 0 Å². The van der Waals surface area contributed by atoms with Crippen molar-refractivity contribution in [2.75, 3.05) is 37.7 Å². The van der Waals surface area contributed by atoms with E-state index in [-0.39, 0.29) is 24.2 Å². The molecule has 3 aliphatic heterocycles. The third-order valence-electron chi connectivity index (χ3n) is 6.39. The van der Waals surface area contributed by atoms with Gasteiger partial charge in [-0.25, -0.2) is 0 Å². The minimum absolute atomic E-state index is 0.0100. The summed E-state index contributed by atoms with van der Waals surface area (Å²) in [7, 11) is 0. The summed E-state index contributed by atoms with van der Waals surface area (Å²) in [6, 6.07) is 16.1. The average molecular weight is 406 g/mol. The van der Waals surface area contributed by atoms with E-state index in [0.717, 1.165) is 31.6 Å². The van der Waals surface area contributed by atoms with Crippen LogP contribution in [0.15, 0.2) is 48.5 Å². The van der Waals surface area contributed by atoms with Gasteiger partial charge in [0.15, 0.2) is 11.5 Å². The Morgan fingerprint density at radius 3 is 2.43 bits per heavy atom.